The molecule has 1 unspecified atom stereocenters. The highest BCUT2D eigenvalue weighted by atomic mass is 35.5. The quantitative estimate of drug-likeness (QED) is 0.882. The van der Waals surface area contributed by atoms with Crippen LogP contribution < -0.4 is 10.6 Å². The molecule has 2 N–H and O–H groups in total. The second kappa shape index (κ2) is 6.04. The van der Waals surface area contributed by atoms with Crippen molar-refractivity contribution in [1.82, 2.24) is 5.32 Å². The second-order valence-corrected chi connectivity index (χ2v) is 6.78. The molecule has 0 saturated heterocycles. The number of hydrogen-bond donors (Lipinski definition) is 2. The van der Waals surface area contributed by atoms with E-state index in [1.165, 1.54) is 12.8 Å². The van der Waals surface area contributed by atoms with E-state index in [0.717, 1.165) is 18.5 Å². The molecule has 1 saturated carbocycles. The Morgan fingerprint density at radius 1 is 1.40 bits per heavy atom. The Morgan fingerprint density at radius 3 is 2.80 bits per heavy atom. The summed E-state index contributed by atoms with van der Waals surface area (Å²) in [7, 11) is 1.63. The summed E-state index contributed by atoms with van der Waals surface area (Å²) in [5.74, 6) is -0.0892. The van der Waals surface area contributed by atoms with Crippen LogP contribution in [0, 0.1) is 5.41 Å². The van der Waals surface area contributed by atoms with E-state index >= 15 is 0 Å². The maximum atomic E-state index is 11.7. The summed E-state index contributed by atoms with van der Waals surface area (Å²) in [6.07, 6.45) is 4.80. The first-order valence-corrected chi connectivity index (χ1v) is 7.57. The van der Waals surface area contributed by atoms with Crippen molar-refractivity contribution in [1.29, 1.82) is 0 Å². The average molecular weight is 295 g/mol. The van der Waals surface area contributed by atoms with Crippen LogP contribution in [-0.4, -0.2) is 19.0 Å². The molecule has 1 atom stereocenters. The fourth-order valence-electron chi connectivity index (χ4n) is 2.96. The van der Waals surface area contributed by atoms with Crippen molar-refractivity contribution in [2.75, 3.05) is 12.4 Å². The molecule has 0 bridgehead atoms. The van der Waals surface area contributed by atoms with Gasteiger partial charge in [-0.05, 0) is 42.9 Å². The molecule has 2 rings (SSSR count). The number of carbonyl (C=O) groups excluding carboxylic acids is 1. The number of carbonyl (C=O) groups is 1. The minimum Gasteiger partial charge on any atom is -0.381 e. The zero-order chi connectivity index (χ0) is 14.8. The highest BCUT2D eigenvalue weighted by Gasteiger charge is 2.28. The summed E-state index contributed by atoms with van der Waals surface area (Å²) in [5.41, 5.74) is 1.87. The lowest BCUT2D eigenvalue weighted by Gasteiger charge is -2.36. The number of hydrogen-bond acceptors (Lipinski definition) is 2. The van der Waals surface area contributed by atoms with E-state index in [1.807, 2.05) is 6.07 Å². The third-order valence-electron chi connectivity index (χ3n) is 4.02. The smallest absolute Gasteiger partial charge is 0.251 e. The Balaban J connectivity index is 2.14. The average Bonchev–Trinajstić information content (AvgIpc) is 2.39. The standard InChI is InChI=1S/C16H23ClN2O/c1-16(2)8-4-5-12(10-16)19-14-9-11(15(20)18-3)6-7-13(14)17/h6-7,9,12,19H,4-5,8,10H2,1-3H3,(H,18,20). The fraction of sp³-hybridized carbons (Fsp3) is 0.562. The van der Waals surface area contributed by atoms with Gasteiger partial charge in [-0.3, -0.25) is 4.79 Å². The molecule has 0 heterocycles. The van der Waals surface area contributed by atoms with Gasteiger partial charge in [-0.1, -0.05) is 31.9 Å². The van der Waals surface area contributed by atoms with Gasteiger partial charge in [-0.2, -0.15) is 0 Å². The topological polar surface area (TPSA) is 41.1 Å². The van der Waals surface area contributed by atoms with Crippen molar-refractivity contribution in [3.05, 3.63) is 28.8 Å². The molecule has 3 nitrogen and oxygen atoms in total. The first-order valence-electron chi connectivity index (χ1n) is 7.19. The van der Waals surface area contributed by atoms with E-state index in [2.05, 4.69) is 24.5 Å². The Labute approximate surface area is 126 Å². The molecule has 1 aliphatic carbocycles. The van der Waals surface area contributed by atoms with Gasteiger partial charge in [0.25, 0.3) is 5.91 Å². The third-order valence-corrected chi connectivity index (χ3v) is 4.35. The van der Waals surface area contributed by atoms with Gasteiger partial charge in [0.1, 0.15) is 0 Å². The van der Waals surface area contributed by atoms with E-state index in [-0.39, 0.29) is 5.91 Å². The minimum atomic E-state index is -0.0892. The van der Waals surface area contributed by atoms with Gasteiger partial charge in [-0.15, -0.1) is 0 Å². The molecule has 0 aromatic heterocycles. The summed E-state index contributed by atoms with van der Waals surface area (Å²) in [6, 6.07) is 5.79. The summed E-state index contributed by atoms with van der Waals surface area (Å²) >= 11 is 6.24. The van der Waals surface area contributed by atoms with Crippen molar-refractivity contribution in [3.8, 4) is 0 Å². The molecule has 1 aromatic rings. The molecule has 0 radical (unpaired) electrons. The highest BCUT2D eigenvalue weighted by molar-refractivity contribution is 6.33. The van der Waals surface area contributed by atoms with Crippen LogP contribution in [0.25, 0.3) is 0 Å². The number of nitrogens with one attached hydrogen (secondary N) is 2. The van der Waals surface area contributed by atoms with E-state index in [0.29, 0.717) is 22.0 Å². The van der Waals surface area contributed by atoms with Gasteiger partial charge in [0.05, 0.1) is 10.7 Å². The lowest BCUT2D eigenvalue weighted by molar-refractivity contribution is 0.0963. The lowest BCUT2D eigenvalue weighted by atomic mass is 9.75. The van der Waals surface area contributed by atoms with Gasteiger partial charge in [0.15, 0.2) is 0 Å². The Morgan fingerprint density at radius 2 is 2.15 bits per heavy atom. The van der Waals surface area contributed by atoms with Crippen LogP contribution in [0.4, 0.5) is 5.69 Å². The Kier molecular flexibility index (Phi) is 4.59. The molecule has 0 spiro atoms. The zero-order valence-corrected chi connectivity index (χ0v) is 13.2. The first-order chi connectivity index (χ1) is 9.41. The van der Waals surface area contributed by atoms with E-state index in [1.54, 1.807) is 19.2 Å². The largest absolute Gasteiger partial charge is 0.381 e. The molecule has 1 amide bonds. The van der Waals surface area contributed by atoms with Crippen LogP contribution in [0.5, 0.6) is 0 Å². The van der Waals surface area contributed by atoms with E-state index in [4.69, 9.17) is 11.6 Å². The number of amides is 1. The van der Waals surface area contributed by atoms with Crippen molar-refractivity contribution in [2.24, 2.45) is 5.41 Å². The molecule has 1 fully saturated rings. The molecule has 20 heavy (non-hydrogen) atoms. The van der Waals surface area contributed by atoms with Crippen LogP contribution in [0.3, 0.4) is 0 Å². The first kappa shape index (κ1) is 15.2. The second-order valence-electron chi connectivity index (χ2n) is 6.38. The van der Waals surface area contributed by atoms with Crippen molar-refractivity contribution >= 4 is 23.2 Å². The zero-order valence-electron chi connectivity index (χ0n) is 12.4. The van der Waals surface area contributed by atoms with Gasteiger partial charge in [-0.25, -0.2) is 0 Å². The van der Waals surface area contributed by atoms with Gasteiger partial charge in [0.2, 0.25) is 0 Å². The van der Waals surface area contributed by atoms with Crippen LogP contribution in [0.1, 0.15) is 49.9 Å². The summed E-state index contributed by atoms with van der Waals surface area (Å²) in [5, 5.41) is 6.81. The number of halogens is 1. The van der Waals surface area contributed by atoms with Crippen LogP contribution in [0.2, 0.25) is 5.02 Å². The summed E-state index contributed by atoms with van der Waals surface area (Å²) in [6.45, 7) is 4.62. The van der Waals surface area contributed by atoms with Crippen molar-refractivity contribution < 1.29 is 4.79 Å². The summed E-state index contributed by atoms with van der Waals surface area (Å²) in [4.78, 5) is 11.7. The van der Waals surface area contributed by atoms with Gasteiger partial charge >= 0.3 is 0 Å². The third kappa shape index (κ3) is 3.66. The van der Waals surface area contributed by atoms with Crippen LogP contribution >= 0.6 is 11.6 Å². The molecule has 0 aliphatic heterocycles. The summed E-state index contributed by atoms with van der Waals surface area (Å²) < 4.78 is 0. The van der Waals surface area contributed by atoms with E-state index < -0.39 is 0 Å². The van der Waals surface area contributed by atoms with Crippen molar-refractivity contribution in [2.45, 2.75) is 45.6 Å². The Hall–Kier alpha value is -1.22. The molecule has 4 heteroatoms. The molecule has 1 aliphatic rings. The monoisotopic (exact) mass is 294 g/mol. The number of anilines is 1. The van der Waals surface area contributed by atoms with Gasteiger partial charge < -0.3 is 10.6 Å². The highest BCUT2D eigenvalue weighted by Crippen LogP contribution is 2.37. The van der Waals surface area contributed by atoms with E-state index in [9.17, 15) is 4.79 Å². The predicted molar refractivity (Wildman–Crippen MR) is 84.5 cm³/mol. The Bertz CT molecular complexity index is 499. The molecule has 1 aromatic carbocycles. The number of rotatable bonds is 3. The van der Waals surface area contributed by atoms with Gasteiger partial charge in [0, 0.05) is 18.7 Å². The van der Waals surface area contributed by atoms with Crippen LogP contribution in [-0.2, 0) is 0 Å². The predicted octanol–water partition coefficient (Wildman–Crippen LogP) is 4.08. The fourth-order valence-corrected chi connectivity index (χ4v) is 3.13. The maximum absolute atomic E-state index is 11.7. The van der Waals surface area contributed by atoms with Crippen LogP contribution in [0.15, 0.2) is 18.2 Å². The number of benzene rings is 1. The lowest BCUT2D eigenvalue weighted by Crippen LogP contribution is -2.32. The maximum Gasteiger partial charge on any atom is 0.251 e. The normalized spacial score (nSPS) is 21.3. The molecular formula is C16H23ClN2O. The molecular weight excluding hydrogens is 272 g/mol. The van der Waals surface area contributed by atoms with Crippen molar-refractivity contribution in [3.63, 3.8) is 0 Å². The molecule has 110 valence electrons. The minimum absolute atomic E-state index is 0.0892. The SMILES string of the molecule is CNC(=O)c1ccc(Cl)c(NC2CCCC(C)(C)C2)c1.